The van der Waals surface area contributed by atoms with Crippen molar-refractivity contribution in [3.8, 4) is 0 Å². The number of aromatic nitrogens is 1. The Bertz CT molecular complexity index is 265. The Labute approximate surface area is 64.5 Å². The quantitative estimate of drug-likeness (QED) is 0.397. The molecule has 1 N–H and O–H groups in total. The number of rotatable bonds is 2. The Morgan fingerprint density at radius 3 is 3.00 bits per heavy atom. The Balaban J connectivity index is 2.65. The van der Waals surface area contributed by atoms with Crippen LogP contribution in [0.3, 0.4) is 0 Å². The van der Waals surface area contributed by atoms with Crippen LogP contribution in [0.4, 0.5) is 0 Å². The Hall–Kier alpha value is -1.32. The van der Waals surface area contributed by atoms with E-state index in [-0.39, 0.29) is 0 Å². The zero-order valence-corrected chi connectivity index (χ0v) is 6.53. The van der Waals surface area contributed by atoms with Gasteiger partial charge in [-0.05, 0) is 13.8 Å². The fourth-order valence-electron chi connectivity index (χ4n) is 0.787. The summed E-state index contributed by atoms with van der Waals surface area (Å²) in [5.74, 6) is 0.720. The monoisotopic (exact) mass is 154 g/mol. The summed E-state index contributed by atoms with van der Waals surface area (Å²) in [7, 11) is 0. The SMILES string of the molecule is C/C(Cc1cc(C)no1)=N\O. The predicted octanol–water partition coefficient (Wildman–Crippen LogP) is 1.38. The van der Waals surface area contributed by atoms with Crippen LogP contribution in [-0.2, 0) is 6.42 Å². The lowest BCUT2D eigenvalue weighted by atomic mass is 10.2. The third-order valence-corrected chi connectivity index (χ3v) is 1.28. The van der Waals surface area contributed by atoms with Crippen molar-refractivity contribution in [2.24, 2.45) is 5.16 Å². The van der Waals surface area contributed by atoms with Crippen LogP contribution in [0.2, 0.25) is 0 Å². The molecule has 0 spiro atoms. The normalized spacial score (nSPS) is 12.0. The van der Waals surface area contributed by atoms with Gasteiger partial charge in [0.1, 0.15) is 5.76 Å². The second-order valence-electron chi connectivity index (χ2n) is 2.45. The maximum atomic E-state index is 8.33. The van der Waals surface area contributed by atoms with E-state index in [1.165, 1.54) is 0 Å². The van der Waals surface area contributed by atoms with Crippen LogP contribution in [0.25, 0.3) is 0 Å². The molecule has 0 aromatic carbocycles. The largest absolute Gasteiger partial charge is 0.411 e. The van der Waals surface area contributed by atoms with Crippen molar-refractivity contribution in [1.29, 1.82) is 0 Å². The molecular weight excluding hydrogens is 144 g/mol. The van der Waals surface area contributed by atoms with Crippen LogP contribution in [-0.4, -0.2) is 16.1 Å². The molecule has 0 aliphatic rings. The molecule has 0 saturated heterocycles. The van der Waals surface area contributed by atoms with Crippen molar-refractivity contribution >= 4 is 5.71 Å². The molecular formula is C7H10N2O2. The van der Waals surface area contributed by atoms with Gasteiger partial charge in [0.2, 0.25) is 0 Å². The molecule has 0 radical (unpaired) electrons. The van der Waals surface area contributed by atoms with E-state index in [4.69, 9.17) is 9.73 Å². The molecule has 0 bridgehead atoms. The van der Waals surface area contributed by atoms with E-state index >= 15 is 0 Å². The van der Waals surface area contributed by atoms with Gasteiger partial charge in [0.25, 0.3) is 0 Å². The highest BCUT2D eigenvalue weighted by Gasteiger charge is 2.01. The van der Waals surface area contributed by atoms with Crippen molar-refractivity contribution in [3.05, 3.63) is 17.5 Å². The average molecular weight is 154 g/mol. The summed E-state index contributed by atoms with van der Waals surface area (Å²) in [6.07, 6.45) is 0.511. The lowest BCUT2D eigenvalue weighted by Gasteiger charge is -1.89. The third kappa shape index (κ3) is 2.07. The lowest BCUT2D eigenvalue weighted by molar-refractivity contribution is 0.316. The molecule has 0 saturated carbocycles. The zero-order chi connectivity index (χ0) is 8.27. The molecule has 0 aliphatic heterocycles. The molecule has 0 unspecified atom stereocenters. The molecule has 1 aromatic heterocycles. The summed E-state index contributed by atoms with van der Waals surface area (Å²) in [6.45, 7) is 3.57. The van der Waals surface area contributed by atoms with E-state index < -0.39 is 0 Å². The first-order chi connectivity index (χ1) is 5.22. The van der Waals surface area contributed by atoms with Gasteiger partial charge in [0.15, 0.2) is 0 Å². The van der Waals surface area contributed by atoms with Crippen LogP contribution in [0, 0.1) is 6.92 Å². The van der Waals surface area contributed by atoms with Gasteiger partial charge in [-0.2, -0.15) is 0 Å². The summed E-state index contributed by atoms with van der Waals surface area (Å²) in [5.41, 5.74) is 1.45. The fraction of sp³-hybridized carbons (Fsp3) is 0.429. The predicted molar refractivity (Wildman–Crippen MR) is 39.8 cm³/mol. The topological polar surface area (TPSA) is 58.6 Å². The van der Waals surface area contributed by atoms with Crippen molar-refractivity contribution in [3.63, 3.8) is 0 Å². The number of aryl methyl sites for hydroxylation is 1. The van der Waals surface area contributed by atoms with E-state index in [0.29, 0.717) is 12.1 Å². The van der Waals surface area contributed by atoms with Crippen LogP contribution >= 0.6 is 0 Å². The smallest absolute Gasteiger partial charge is 0.142 e. The molecule has 1 heterocycles. The third-order valence-electron chi connectivity index (χ3n) is 1.28. The van der Waals surface area contributed by atoms with Crippen molar-refractivity contribution < 1.29 is 9.73 Å². The average Bonchev–Trinajstić information content (AvgIpc) is 2.35. The van der Waals surface area contributed by atoms with Gasteiger partial charge >= 0.3 is 0 Å². The zero-order valence-electron chi connectivity index (χ0n) is 6.53. The highest BCUT2D eigenvalue weighted by molar-refractivity contribution is 5.82. The van der Waals surface area contributed by atoms with E-state index in [0.717, 1.165) is 11.5 Å². The van der Waals surface area contributed by atoms with Crippen molar-refractivity contribution in [1.82, 2.24) is 5.16 Å². The lowest BCUT2D eigenvalue weighted by Crippen LogP contribution is -1.95. The van der Waals surface area contributed by atoms with Crippen LogP contribution in [0.1, 0.15) is 18.4 Å². The van der Waals surface area contributed by atoms with Gasteiger partial charge in [0, 0.05) is 6.07 Å². The minimum atomic E-state index is 0.511. The molecule has 4 heteroatoms. The van der Waals surface area contributed by atoms with Crippen molar-refractivity contribution in [2.45, 2.75) is 20.3 Å². The number of nitrogens with zero attached hydrogens (tertiary/aromatic N) is 2. The second kappa shape index (κ2) is 3.18. The van der Waals surface area contributed by atoms with Gasteiger partial charge < -0.3 is 9.73 Å². The molecule has 0 atom stereocenters. The minimum Gasteiger partial charge on any atom is -0.411 e. The maximum absolute atomic E-state index is 8.33. The number of hydrogen-bond acceptors (Lipinski definition) is 4. The first-order valence-corrected chi connectivity index (χ1v) is 3.32. The first-order valence-electron chi connectivity index (χ1n) is 3.32. The molecule has 0 aliphatic carbocycles. The second-order valence-corrected chi connectivity index (χ2v) is 2.45. The first kappa shape index (κ1) is 7.78. The van der Waals surface area contributed by atoms with Gasteiger partial charge in [-0.15, -0.1) is 0 Å². The van der Waals surface area contributed by atoms with E-state index in [1.54, 1.807) is 6.92 Å². The van der Waals surface area contributed by atoms with Gasteiger partial charge in [-0.25, -0.2) is 0 Å². The highest BCUT2D eigenvalue weighted by Crippen LogP contribution is 2.03. The van der Waals surface area contributed by atoms with Crippen LogP contribution < -0.4 is 0 Å². The summed E-state index contributed by atoms with van der Waals surface area (Å²) in [5, 5.41) is 15.0. The molecule has 0 fully saturated rings. The summed E-state index contributed by atoms with van der Waals surface area (Å²) < 4.78 is 4.89. The standard InChI is InChI=1S/C7H10N2O2/c1-5(8-10)3-7-4-6(2)9-11-7/h4,10H,3H2,1-2H3/b8-5+. The minimum absolute atomic E-state index is 0.511. The highest BCUT2D eigenvalue weighted by atomic mass is 16.5. The van der Waals surface area contributed by atoms with Crippen molar-refractivity contribution in [2.75, 3.05) is 0 Å². The molecule has 0 amide bonds. The van der Waals surface area contributed by atoms with Crippen LogP contribution in [0.15, 0.2) is 15.7 Å². The molecule has 4 nitrogen and oxygen atoms in total. The van der Waals surface area contributed by atoms with Gasteiger partial charge in [-0.3, -0.25) is 0 Å². The number of hydrogen-bond donors (Lipinski definition) is 1. The molecule has 60 valence electrons. The van der Waals surface area contributed by atoms with Crippen LogP contribution in [0.5, 0.6) is 0 Å². The Morgan fingerprint density at radius 2 is 2.55 bits per heavy atom. The fourth-order valence-corrected chi connectivity index (χ4v) is 0.787. The summed E-state index contributed by atoms with van der Waals surface area (Å²) in [6, 6.07) is 1.81. The summed E-state index contributed by atoms with van der Waals surface area (Å²) in [4.78, 5) is 0. The van der Waals surface area contributed by atoms with Gasteiger partial charge in [0.05, 0.1) is 17.8 Å². The maximum Gasteiger partial charge on any atom is 0.142 e. The van der Waals surface area contributed by atoms with E-state index in [1.807, 2.05) is 13.0 Å². The van der Waals surface area contributed by atoms with Gasteiger partial charge in [-0.1, -0.05) is 10.3 Å². The Morgan fingerprint density at radius 1 is 1.82 bits per heavy atom. The number of oxime groups is 1. The molecule has 1 aromatic rings. The Kier molecular flexibility index (Phi) is 2.25. The van der Waals surface area contributed by atoms with E-state index in [2.05, 4.69) is 10.3 Å². The molecule has 1 rings (SSSR count). The summed E-state index contributed by atoms with van der Waals surface area (Å²) >= 11 is 0. The van der Waals surface area contributed by atoms with E-state index in [9.17, 15) is 0 Å². The molecule has 11 heavy (non-hydrogen) atoms.